The molecule has 1 rings (SSSR count). The lowest BCUT2D eigenvalue weighted by atomic mass is 9.89. The lowest BCUT2D eigenvalue weighted by molar-refractivity contribution is 0.394. The molecule has 4 heteroatoms. The Balaban J connectivity index is 2.47. The third kappa shape index (κ3) is 4.78. The van der Waals surface area contributed by atoms with Crippen LogP contribution in [0.4, 0.5) is 0 Å². The molecule has 0 unspecified atom stereocenters. The Morgan fingerprint density at radius 1 is 1.33 bits per heavy atom. The van der Waals surface area contributed by atoms with Crippen LogP contribution in [0, 0.1) is 0 Å². The molecule has 0 aliphatic rings. The predicted octanol–water partition coefficient (Wildman–Crippen LogP) is 1.76. The second-order valence-corrected chi connectivity index (χ2v) is 6.26. The molecule has 0 amide bonds. The smallest absolute Gasteiger partial charge is 0.0722 e. The van der Waals surface area contributed by atoms with Crippen LogP contribution in [0.25, 0.3) is 0 Å². The number of aryl methyl sites for hydroxylation is 1. The van der Waals surface area contributed by atoms with E-state index in [-0.39, 0.29) is 5.41 Å². The zero-order valence-electron chi connectivity index (χ0n) is 12.7. The zero-order chi connectivity index (χ0) is 13.8. The van der Waals surface area contributed by atoms with Crippen molar-refractivity contribution in [3.63, 3.8) is 0 Å². The monoisotopic (exact) mass is 252 g/mol. The number of rotatable bonds is 6. The molecule has 0 radical (unpaired) electrons. The minimum atomic E-state index is 0.113. The third-order valence-corrected chi connectivity index (χ3v) is 2.89. The fourth-order valence-corrected chi connectivity index (χ4v) is 2.04. The van der Waals surface area contributed by atoms with Crippen molar-refractivity contribution >= 4 is 0 Å². The highest BCUT2D eigenvalue weighted by atomic mass is 15.3. The SMILES string of the molecule is CN(C)CCCNCc1cn(C)nc1C(C)(C)C. The molecule has 104 valence electrons. The van der Waals surface area contributed by atoms with Gasteiger partial charge >= 0.3 is 0 Å². The van der Waals surface area contributed by atoms with Crippen LogP contribution in [0.3, 0.4) is 0 Å². The molecule has 0 aliphatic carbocycles. The van der Waals surface area contributed by atoms with E-state index in [1.807, 2.05) is 11.7 Å². The average Bonchev–Trinajstić information content (AvgIpc) is 2.58. The van der Waals surface area contributed by atoms with E-state index in [2.05, 4.69) is 56.4 Å². The summed E-state index contributed by atoms with van der Waals surface area (Å²) in [7, 11) is 6.21. The van der Waals surface area contributed by atoms with Crippen LogP contribution < -0.4 is 5.32 Å². The maximum atomic E-state index is 4.58. The maximum absolute atomic E-state index is 4.58. The fourth-order valence-electron chi connectivity index (χ4n) is 2.04. The Kier molecular flexibility index (Phi) is 5.35. The Morgan fingerprint density at radius 3 is 2.56 bits per heavy atom. The van der Waals surface area contributed by atoms with Crippen LogP contribution in [0.2, 0.25) is 0 Å². The molecule has 0 atom stereocenters. The van der Waals surface area contributed by atoms with Gasteiger partial charge in [-0.05, 0) is 33.6 Å². The molecule has 4 nitrogen and oxygen atoms in total. The van der Waals surface area contributed by atoms with Gasteiger partial charge in [0.1, 0.15) is 0 Å². The van der Waals surface area contributed by atoms with Crippen molar-refractivity contribution in [1.82, 2.24) is 20.0 Å². The Hall–Kier alpha value is -0.870. The summed E-state index contributed by atoms with van der Waals surface area (Å²) in [5, 5.41) is 8.08. The Bertz CT molecular complexity index is 360. The van der Waals surface area contributed by atoms with Crippen molar-refractivity contribution in [3.8, 4) is 0 Å². The van der Waals surface area contributed by atoms with Gasteiger partial charge in [0.25, 0.3) is 0 Å². The highest BCUT2D eigenvalue weighted by Crippen LogP contribution is 2.23. The number of hydrogen-bond donors (Lipinski definition) is 1. The van der Waals surface area contributed by atoms with Crippen LogP contribution in [-0.2, 0) is 19.0 Å². The van der Waals surface area contributed by atoms with Gasteiger partial charge in [0.15, 0.2) is 0 Å². The third-order valence-electron chi connectivity index (χ3n) is 2.89. The van der Waals surface area contributed by atoms with Crippen molar-refractivity contribution in [3.05, 3.63) is 17.5 Å². The molecule has 18 heavy (non-hydrogen) atoms. The number of aromatic nitrogens is 2. The summed E-state index contributed by atoms with van der Waals surface area (Å²) < 4.78 is 1.91. The highest BCUT2D eigenvalue weighted by Gasteiger charge is 2.21. The molecule has 0 fully saturated rings. The second kappa shape index (κ2) is 6.34. The van der Waals surface area contributed by atoms with Crippen LogP contribution in [-0.4, -0.2) is 41.9 Å². The van der Waals surface area contributed by atoms with Gasteiger partial charge in [-0.3, -0.25) is 4.68 Å². The predicted molar refractivity (Wildman–Crippen MR) is 76.8 cm³/mol. The molecule has 1 N–H and O–H groups in total. The summed E-state index contributed by atoms with van der Waals surface area (Å²) in [6, 6.07) is 0. The molecular weight excluding hydrogens is 224 g/mol. The van der Waals surface area contributed by atoms with Crippen LogP contribution in [0.15, 0.2) is 6.20 Å². The lowest BCUT2D eigenvalue weighted by Gasteiger charge is -2.17. The minimum Gasteiger partial charge on any atom is -0.312 e. The standard InChI is InChI=1S/C14H28N4/c1-14(2,3)13-12(11-18(6)16-13)10-15-8-7-9-17(4)5/h11,15H,7-10H2,1-6H3. The van der Waals surface area contributed by atoms with Crippen molar-refractivity contribution in [2.75, 3.05) is 27.2 Å². The fraction of sp³-hybridized carbons (Fsp3) is 0.786. The summed E-state index contributed by atoms with van der Waals surface area (Å²) >= 11 is 0. The molecular formula is C14H28N4. The van der Waals surface area contributed by atoms with Crippen molar-refractivity contribution in [2.45, 2.75) is 39.2 Å². The molecule has 0 bridgehead atoms. The number of nitrogens with one attached hydrogen (secondary N) is 1. The van der Waals surface area contributed by atoms with E-state index < -0.39 is 0 Å². The van der Waals surface area contributed by atoms with Gasteiger partial charge in [0.2, 0.25) is 0 Å². The normalized spacial score (nSPS) is 12.4. The summed E-state index contributed by atoms with van der Waals surface area (Å²) in [5.74, 6) is 0. The van der Waals surface area contributed by atoms with Crippen molar-refractivity contribution < 1.29 is 0 Å². The molecule has 0 saturated heterocycles. The quantitative estimate of drug-likeness (QED) is 0.783. The average molecular weight is 252 g/mol. The van der Waals surface area contributed by atoms with Crippen LogP contribution >= 0.6 is 0 Å². The highest BCUT2D eigenvalue weighted by molar-refractivity contribution is 5.23. The van der Waals surface area contributed by atoms with E-state index in [1.165, 1.54) is 17.7 Å². The topological polar surface area (TPSA) is 33.1 Å². The van der Waals surface area contributed by atoms with Gasteiger partial charge in [-0.2, -0.15) is 5.10 Å². The minimum absolute atomic E-state index is 0.113. The van der Waals surface area contributed by atoms with E-state index in [9.17, 15) is 0 Å². The maximum Gasteiger partial charge on any atom is 0.0722 e. The van der Waals surface area contributed by atoms with Gasteiger partial charge in [0, 0.05) is 30.8 Å². The van der Waals surface area contributed by atoms with Crippen LogP contribution in [0.5, 0.6) is 0 Å². The Morgan fingerprint density at radius 2 is 2.00 bits per heavy atom. The number of nitrogens with zero attached hydrogens (tertiary/aromatic N) is 3. The lowest BCUT2D eigenvalue weighted by Crippen LogP contribution is -2.22. The van der Waals surface area contributed by atoms with Gasteiger partial charge in [-0.25, -0.2) is 0 Å². The number of hydrogen-bond acceptors (Lipinski definition) is 3. The van der Waals surface area contributed by atoms with Gasteiger partial charge in [-0.15, -0.1) is 0 Å². The van der Waals surface area contributed by atoms with Crippen molar-refractivity contribution in [1.29, 1.82) is 0 Å². The largest absolute Gasteiger partial charge is 0.312 e. The summed E-state index contributed by atoms with van der Waals surface area (Å²) in [6.07, 6.45) is 3.30. The molecule has 1 heterocycles. The molecule has 0 aliphatic heterocycles. The van der Waals surface area contributed by atoms with E-state index in [1.54, 1.807) is 0 Å². The Labute approximate surface area is 111 Å². The molecule has 1 aromatic heterocycles. The zero-order valence-corrected chi connectivity index (χ0v) is 12.7. The van der Waals surface area contributed by atoms with Crippen molar-refractivity contribution in [2.24, 2.45) is 7.05 Å². The molecule has 0 spiro atoms. The first-order valence-corrected chi connectivity index (χ1v) is 6.69. The van der Waals surface area contributed by atoms with E-state index in [0.717, 1.165) is 19.6 Å². The second-order valence-electron chi connectivity index (χ2n) is 6.26. The summed E-state index contributed by atoms with van der Waals surface area (Å²) in [6.45, 7) is 9.73. The van der Waals surface area contributed by atoms with E-state index >= 15 is 0 Å². The molecule has 1 aromatic rings. The first kappa shape index (κ1) is 15.2. The van der Waals surface area contributed by atoms with E-state index in [0.29, 0.717) is 0 Å². The van der Waals surface area contributed by atoms with E-state index in [4.69, 9.17) is 0 Å². The molecule has 0 saturated carbocycles. The summed E-state index contributed by atoms with van der Waals surface area (Å²) in [5.41, 5.74) is 2.63. The van der Waals surface area contributed by atoms with Gasteiger partial charge in [-0.1, -0.05) is 20.8 Å². The van der Waals surface area contributed by atoms with Gasteiger partial charge in [0.05, 0.1) is 5.69 Å². The first-order valence-electron chi connectivity index (χ1n) is 6.69. The van der Waals surface area contributed by atoms with Crippen LogP contribution in [0.1, 0.15) is 38.4 Å². The molecule has 0 aromatic carbocycles. The first-order chi connectivity index (χ1) is 8.30. The van der Waals surface area contributed by atoms with Gasteiger partial charge < -0.3 is 10.2 Å². The summed E-state index contributed by atoms with van der Waals surface area (Å²) in [4.78, 5) is 2.21.